The third kappa shape index (κ3) is 3.79. The summed E-state index contributed by atoms with van der Waals surface area (Å²) in [5.74, 6) is 1.47. The third-order valence-corrected chi connectivity index (χ3v) is 5.85. The second-order valence-electron chi connectivity index (χ2n) is 5.88. The van der Waals surface area contributed by atoms with Crippen LogP contribution in [0.4, 0.5) is 0 Å². The lowest BCUT2D eigenvalue weighted by Gasteiger charge is -2.10. The number of thioether (sulfide) groups is 1. The van der Waals surface area contributed by atoms with Crippen molar-refractivity contribution in [2.24, 2.45) is 0 Å². The van der Waals surface area contributed by atoms with E-state index >= 15 is 0 Å². The van der Waals surface area contributed by atoms with Gasteiger partial charge in [-0.25, -0.2) is 4.98 Å². The van der Waals surface area contributed by atoms with Gasteiger partial charge in [0, 0.05) is 24.5 Å². The monoisotopic (exact) mass is 399 g/mol. The van der Waals surface area contributed by atoms with Crippen LogP contribution in [-0.4, -0.2) is 24.7 Å². The van der Waals surface area contributed by atoms with Gasteiger partial charge in [-0.1, -0.05) is 30.3 Å². The summed E-state index contributed by atoms with van der Waals surface area (Å²) in [7, 11) is 0. The van der Waals surface area contributed by atoms with Gasteiger partial charge in [0.25, 0.3) is 5.56 Å². The van der Waals surface area contributed by atoms with Crippen LogP contribution in [0.3, 0.4) is 0 Å². The van der Waals surface area contributed by atoms with E-state index in [-0.39, 0.29) is 5.56 Å². The van der Waals surface area contributed by atoms with Gasteiger partial charge >= 0.3 is 0 Å². The molecule has 0 spiro atoms. The van der Waals surface area contributed by atoms with Gasteiger partial charge in [-0.15, -0.1) is 11.3 Å². The van der Waals surface area contributed by atoms with E-state index in [0.717, 1.165) is 23.9 Å². The Hall–Kier alpha value is -2.52. The van der Waals surface area contributed by atoms with E-state index in [1.165, 1.54) is 23.1 Å². The first kappa shape index (κ1) is 17.9. The Kier molecular flexibility index (Phi) is 5.30. The van der Waals surface area contributed by atoms with E-state index in [1.54, 1.807) is 17.0 Å². The van der Waals surface area contributed by atoms with Crippen molar-refractivity contribution in [3.63, 3.8) is 0 Å². The van der Waals surface area contributed by atoms with Crippen molar-refractivity contribution >= 4 is 33.3 Å². The average Bonchev–Trinajstić information content (AvgIpc) is 3.36. The molecular formula is C18H17N5O2S2. The van der Waals surface area contributed by atoms with Gasteiger partial charge in [0.05, 0.1) is 11.3 Å². The Morgan fingerprint density at radius 1 is 1.22 bits per heavy atom. The Bertz CT molecular complexity index is 1100. The van der Waals surface area contributed by atoms with Crippen LogP contribution in [0.2, 0.25) is 0 Å². The molecular weight excluding hydrogens is 382 g/mol. The van der Waals surface area contributed by atoms with Gasteiger partial charge in [-0.2, -0.15) is 4.98 Å². The Balaban J connectivity index is 1.58. The van der Waals surface area contributed by atoms with Crippen LogP contribution >= 0.6 is 23.1 Å². The normalized spacial score (nSPS) is 11.3. The lowest BCUT2D eigenvalue weighted by atomic mass is 10.3. The minimum atomic E-state index is 0.0222. The molecule has 0 saturated carbocycles. The lowest BCUT2D eigenvalue weighted by Crippen LogP contribution is -2.22. The highest BCUT2D eigenvalue weighted by Gasteiger charge is 2.15. The van der Waals surface area contributed by atoms with Crippen LogP contribution < -0.4 is 5.56 Å². The Morgan fingerprint density at radius 2 is 2.07 bits per heavy atom. The van der Waals surface area contributed by atoms with Crippen molar-refractivity contribution in [1.82, 2.24) is 24.7 Å². The summed E-state index contributed by atoms with van der Waals surface area (Å²) in [5.41, 5.74) is 1.61. The molecule has 0 aromatic carbocycles. The van der Waals surface area contributed by atoms with Gasteiger partial charge < -0.3 is 4.52 Å². The summed E-state index contributed by atoms with van der Waals surface area (Å²) in [6.07, 6.45) is 5.32. The number of pyridine rings is 1. The summed E-state index contributed by atoms with van der Waals surface area (Å²) >= 11 is 2.87. The van der Waals surface area contributed by atoms with E-state index in [0.29, 0.717) is 33.9 Å². The third-order valence-electron chi connectivity index (χ3n) is 4.00. The van der Waals surface area contributed by atoms with Crippen molar-refractivity contribution < 1.29 is 4.52 Å². The molecule has 0 amide bonds. The fourth-order valence-electron chi connectivity index (χ4n) is 2.61. The molecule has 0 aliphatic heterocycles. The maximum atomic E-state index is 12.8. The molecule has 0 aliphatic carbocycles. The molecule has 0 bridgehead atoms. The summed E-state index contributed by atoms with van der Waals surface area (Å²) in [5, 5.41) is 6.60. The molecule has 0 atom stereocenters. The molecule has 27 heavy (non-hydrogen) atoms. The van der Waals surface area contributed by atoms with E-state index in [2.05, 4.69) is 27.0 Å². The van der Waals surface area contributed by atoms with E-state index in [4.69, 9.17) is 4.52 Å². The van der Waals surface area contributed by atoms with Gasteiger partial charge in [0.2, 0.25) is 11.7 Å². The molecule has 9 heteroatoms. The minimum absolute atomic E-state index is 0.0222. The van der Waals surface area contributed by atoms with E-state index in [1.807, 2.05) is 23.6 Å². The van der Waals surface area contributed by atoms with Gasteiger partial charge in [0.15, 0.2) is 5.16 Å². The number of aromatic nitrogens is 5. The van der Waals surface area contributed by atoms with E-state index in [9.17, 15) is 4.79 Å². The standard InChI is InChI=1S/C18H17N5O2S2/c1-2-3-9-23-17(24)15-13(6-10-26-15)20-18(23)27-11-14-21-16(22-25-14)12-4-7-19-8-5-12/h4-8,10H,2-3,9,11H2,1H3. The summed E-state index contributed by atoms with van der Waals surface area (Å²) in [6.45, 7) is 2.76. The second-order valence-corrected chi connectivity index (χ2v) is 7.73. The van der Waals surface area contributed by atoms with Crippen molar-refractivity contribution in [3.8, 4) is 11.4 Å². The van der Waals surface area contributed by atoms with Crippen molar-refractivity contribution in [2.75, 3.05) is 0 Å². The molecule has 0 saturated heterocycles. The molecule has 7 nitrogen and oxygen atoms in total. The molecule has 4 heterocycles. The Morgan fingerprint density at radius 3 is 2.89 bits per heavy atom. The first-order valence-electron chi connectivity index (χ1n) is 8.60. The topological polar surface area (TPSA) is 86.7 Å². The average molecular weight is 400 g/mol. The highest BCUT2D eigenvalue weighted by molar-refractivity contribution is 7.98. The molecule has 4 aromatic heterocycles. The largest absolute Gasteiger partial charge is 0.338 e. The molecule has 4 aromatic rings. The number of thiophene rings is 1. The summed E-state index contributed by atoms with van der Waals surface area (Å²) in [6, 6.07) is 5.54. The number of unbranched alkanes of at least 4 members (excludes halogenated alkanes) is 1. The summed E-state index contributed by atoms with van der Waals surface area (Å²) < 4.78 is 7.81. The minimum Gasteiger partial charge on any atom is -0.338 e. The molecule has 0 N–H and O–H groups in total. The van der Waals surface area contributed by atoms with Crippen LogP contribution in [0.25, 0.3) is 21.6 Å². The van der Waals surface area contributed by atoms with E-state index < -0.39 is 0 Å². The molecule has 4 rings (SSSR count). The Labute approximate surface area is 163 Å². The van der Waals surface area contributed by atoms with Crippen molar-refractivity contribution in [3.05, 3.63) is 52.2 Å². The highest BCUT2D eigenvalue weighted by atomic mass is 32.2. The lowest BCUT2D eigenvalue weighted by molar-refractivity contribution is 0.391. The second kappa shape index (κ2) is 8.01. The quantitative estimate of drug-likeness (QED) is 0.343. The van der Waals surface area contributed by atoms with Crippen LogP contribution in [0.15, 0.2) is 50.4 Å². The van der Waals surface area contributed by atoms with Crippen LogP contribution in [0.1, 0.15) is 25.7 Å². The van der Waals surface area contributed by atoms with Gasteiger partial charge in [0.1, 0.15) is 4.70 Å². The van der Waals surface area contributed by atoms with Crippen LogP contribution in [-0.2, 0) is 12.3 Å². The fraction of sp³-hybridized carbons (Fsp3) is 0.278. The maximum absolute atomic E-state index is 12.8. The molecule has 0 fully saturated rings. The smallest absolute Gasteiger partial charge is 0.272 e. The van der Waals surface area contributed by atoms with Gasteiger partial charge in [-0.05, 0) is 30.0 Å². The SMILES string of the molecule is CCCCn1c(SCc2nc(-c3ccncc3)no2)nc2ccsc2c1=O. The highest BCUT2D eigenvalue weighted by Crippen LogP contribution is 2.24. The summed E-state index contributed by atoms with van der Waals surface area (Å²) in [4.78, 5) is 25.9. The predicted molar refractivity (Wildman–Crippen MR) is 106 cm³/mol. The van der Waals surface area contributed by atoms with Crippen LogP contribution in [0, 0.1) is 0 Å². The number of hydrogen-bond donors (Lipinski definition) is 0. The molecule has 138 valence electrons. The fourth-order valence-corrected chi connectivity index (χ4v) is 4.25. The zero-order valence-corrected chi connectivity index (χ0v) is 16.3. The maximum Gasteiger partial charge on any atom is 0.272 e. The van der Waals surface area contributed by atoms with Crippen LogP contribution in [0.5, 0.6) is 0 Å². The zero-order chi connectivity index (χ0) is 18.6. The zero-order valence-electron chi connectivity index (χ0n) is 14.7. The number of fused-ring (bicyclic) bond motifs is 1. The first-order chi connectivity index (χ1) is 13.3. The van der Waals surface area contributed by atoms with Crippen molar-refractivity contribution in [2.45, 2.75) is 37.2 Å². The first-order valence-corrected chi connectivity index (χ1v) is 10.5. The van der Waals surface area contributed by atoms with Crippen molar-refractivity contribution in [1.29, 1.82) is 0 Å². The predicted octanol–water partition coefficient (Wildman–Crippen LogP) is 4.00. The molecule has 0 radical (unpaired) electrons. The van der Waals surface area contributed by atoms with Gasteiger partial charge in [-0.3, -0.25) is 14.3 Å². The number of hydrogen-bond acceptors (Lipinski definition) is 8. The number of nitrogens with zero attached hydrogens (tertiary/aromatic N) is 5. The molecule has 0 aliphatic rings. The molecule has 0 unspecified atom stereocenters. The number of rotatable bonds is 7.